The molecular weight excluding hydrogens is 317 g/mol. The van der Waals surface area contributed by atoms with Crippen molar-refractivity contribution in [2.24, 2.45) is 0 Å². The molecule has 0 aliphatic heterocycles. The average Bonchev–Trinajstić information content (AvgIpc) is 2.24. The van der Waals surface area contributed by atoms with E-state index in [9.17, 15) is 4.79 Å². The van der Waals surface area contributed by atoms with E-state index in [2.05, 4.69) is 27.9 Å². The van der Waals surface area contributed by atoms with Crippen molar-refractivity contribution in [3.05, 3.63) is 27.3 Å². The zero-order chi connectivity index (χ0) is 12.0. The summed E-state index contributed by atoms with van der Waals surface area (Å²) in [7, 11) is 0. The first-order chi connectivity index (χ1) is 7.63. The predicted molar refractivity (Wildman–Crippen MR) is 73.5 cm³/mol. The molecule has 0 unspecified atom stereocenters. The Hall–Kier alpha value is -0.620. The second-order valence-electron chi connectivity index (χ2n) is 3.69. The number of nitrogens with one attached hydrogen (secondary N) is 1. The highest BCUT2D eigenvalue weighted by molar-refractivity contribution is 14.1. The molecule has 0 aliphatic rings. The number of hydrogen-bond donors (Lipinski definition) is 2. The van der Waals surface area contributed by atoms with Gasteiger partial charge in [0.05, 0.1) is 0 Å². The summed E-state index contributed by atoms with van der Waals surface area (Å²) in [6.45, 7) is 2.18. The Morgan fingerprint density at radius 2 is 2.19 bits per heavy atom. The van der Waals surface area contributed by atoms with E-state index in [0.717, 1.165) is 15.7 Å². The van der Waals surface area contributed by atoms with E-state index in [-0.39, 0.29) is 12.5 Å². The summed E-state index contributed by atoms with van der Waals surface area (Å²) in [5.74, 6) is 0.00750. The van der Waals surface area contributed by atoms with Crippen LogP contribution in [0.25, 0.3) is 0 Å². The molecule has 0 radical (unpaired) electrons. The van der Waals surface area contributed by atoms with Gasteiger partial charge in [-0.3, -0.25) is 4.79 Å². The minimum absolute atomic E-state index is 0.00750. The molecule has 3 nitrogen and oxygen atoms in total. The Kier molecular flexibility index (Phi) is 5.76. The number of unbranched alkanes of at least 4 members (excludes halogenated alkanes) is 1. The molecule has 0 spiro atoms. The Morgan fingerprint density at radius 3 is 2.81 bits per heavy atom. The highest BCUT2D eigenvalue weighted by Crippen LogP contribution is 2.17. The molecule has 0 aromatic heterocycles. The van der Waals surface area contributed by atoms with E-state index in [1.54, 1.807) is 0 Å². The molecule has 0 heterocycles. The van der Waals surface area contributed by atoms with Gasteiger partial charge in [0.1, 0.15) is 0 Å². The molecular formula is C12H16INO2. The molecule has 16 heavy (non-hydrogen) atoms. The normalized spacial score (nSPS) is 10.2. The van der Waals surface area contributed by atoms with Crippen molar-refractivity contribution in [3.63, 3.8) is 0 Å². The van der Waals surface area contributed by atoms with Crippen LogP contribution in [0.1, 0.15) is 24.8 Å². The van der Waals surface area contributed by atoms with Gasteiger partial charge in [-0.2, -0.15) is 0 Å². The number of amides is 1. The molecule has 0 saturated heterocycles. The molecule has 0 atom stereocenters. The van der Waals surface area contributed by atoms with Crippen LogP contribution >= 0.6 is 22.6 Å². The lowest BCUT2D eigenvalue weighted by molar-refractivity contribution is -0.116. The Bertz CT molecular complexity index is 366. The molecule has 2 N–H and O–H groups in total. The molecule has 0 saturated carbocycles. The summed E-state index contributed by atoms with van der Waals surface area (Å²) in [6.07, 6.45) is 1.87. The molecule has 1 rings (SSSR count). The molecule has 88 valence electrons. The first-order valence-electron chi connectivity index (χ1n) is 5.30. The number of benzene rings is 1. The molecule has 0 bridgehead atoms. The maximum absolute atomic E-state index is 11.5. The van der Waals surface area contributed by atoms with Gasteiger partial charge >= 0.3 is 0 Å². The summed E-state index contributed by atoms with van der Waals surface area (Å²) < 4.78 is 1.14. The zero-order valence-electron chi connectivity index (χ0n) is 9.29. The maximum atomic E-state index is 11.5. The number of aliphatic hydroxyl groups is 1. The van der Waals surface area contributed by atoms with Gasteiger partial charge in [-0.25, -0.2) is 0 Å². The minimum Gasteiger partial charge on any atom is -0.396 e. The standard InChI is InChI=1S/C12H16INO2/c1-9-5-6-10(8-11(9)13)14-12(16)4-2-3-7-15/h5-6,8,15H,2-4,7H2,1H3,(H,14,16). The molecule has 1 aromatic carbocycles. The van der Waals surface area contributed by atoms with Crippen molar-refractivity contribution in [2.45, 2.75) is 26.2 Å². The fraction of sp³-hybridized carbons (Fsp3) is 0.417. The van der Waals surface area contributed by atoms with Crippen molar-refractivity contribution in [1.29, 1.82) is 0 Å². The van der Waals surface area contributed by atoms with Gasteiger partial charge < -0.3 is 10.4 Å². The molecule has 1 aromatic rings. The van der Waals surface area contributed by atoms with Crippen molar-refractivity contribution >= 4 is 34.2 Å². The zero-order valence-corrected chi connectivity index (χ0v) is 11.5. The van der Waals surface area contributed by atoms with Crippen molar-refractivity contribution in [1.82, 2.24) is 0 Å². The molecule has 0 fully saturated rings. The predicted octanol–water partition coefficient (Wildman–Crippen LogP) is 2.70. The molecule has 1 amide bonds. The number of anilines is 1. The molecule has 4 heteroatoms. The number of carbonyl (C=O) groups is 1. The van der Waals surface area contributed by atoms with Crippen LogP contribution in [-0.4, -0.2) is 17.6 Å². The van der Waals surface area contributed by atoms with Gasteiger partial charge in [0, 0.05) is 22.3 Å². The number of hydrogen-bond acceptors (Lipinski definition) is 2. The van der Waals surface area contributed by atoms with Crippen LogP contribution in [0.4, 0.5) is 5.69 Å². The van der Waals surface area contributed by atoms with Crippen LogP contribution in [0, 0.1) is 10.5 Å². The van der Waals surface area contributed by atoms with E-state index in [1.807, 2.05) is 25.1 Å². The van der Waals surface area contributed by atoms with Crippen LogP contribution in [0.3, 0.4) is 0 Å². The Balaban J connectivity index is 2.46. The number of carbonyl (C=O) groups excluding carboxylic acids is 1. The van der Waals surface area contributed by atoms with Gasteiger partial charge in [0.25, 0.3) is 0 Å². The third kappa shape index (κ3) is 4.49. The van der Waals surface area contributed by atoms with Crippen LogP contribution in [0.15, 0.2) is 18.2 Å². The van der Waals surface area contributed by atoms with Gasteiger partial charge in [0.15, 0.2) is 0 Å². The van der Waals surface area contributed by atoms with E-state index in [1.165, 1.54) is 5.56 Å². The lowest BCUT2D eigenvalue weighted by Gasteiger charge is -2.06. The third-order valence-electron chi connectivity index (χ3n) is 2.27. The lowest BCUT2D eigenvalue weighted by Crippen LogP contribution is -2.11. The highest BCUT2D eigenvalue weighted by Gasteiger charge is 2.03. The van der Waals surface area contributed by atoms with Gasteiger partial charge in [-0.1, -0.05) is 6.07 Å². The summed E-state index contributed by atoms with van der Waals surface area (Å²) in [5.41, 5.74) is 2.04. The fourth-order valence-corrected chi connectivity index (χ4v) is 1.81. The largest absolute Gasteiger partial charge is 0.396 e. The summed E-state index contributed by atoms with van der Waals surface area (Å²) >= 11 is 2.25. The van der Waals surface area contributed by atoms with Gasteiger partial charge in [-0.15, -0.1) is 0 Å². The number of halogens is 1. The molecule has 0 aliphatic carbocycles. The summed E-state index contributed by atoms with van der Waals surface area (Å²) in [4.78, 5) is 11.5. The van der Waals surface area contributed by atoms with Gasteiger partial charge in [0.2, 0.25) is 5.91 Å². The summed E-state index contributed by atoms with van der Waals surface area (Å²) in [6, 6.07) is 5.85. The van der Waals surface area contributed by atoms with E-state index >= 15 is 0 Å². The van der Waals surface area contributed by atoms with Crippen LogP contribution in [0.2, 0.25) is 0 Å². The lowest BCUT2D eigenvalue weighted by atomic mass is 10.2. The topological polar surface area (TPSA) is 49.3 Å². The van der Waals surface area contributed by atoms with Crippen LogP contribution in [-0.2, 0) is 4.79 Å². The monoisotopic (exact) mass is 333 g/mol. The second kappa shape index (κ2) is 6.85. The second-order valence-corrected chi connectivity index (χ2v) is 4.86. The Morgan fingerprint density at radius 1 is 1.44 bits per heavy atom. The highest BCUT2D eigenvalue weighted by atomic mass is 127. The van der Waals surface area contributed by atoms with Crippen molar-refractivity contribution < 1.29 is 9.90 Å². The number of aliphatic hydroxyl groups excluding tert-OH is 1. The van der Waals surface area contributed by atoms with Crippen molar-refractivity contribution in [2.75, 3.05) is 11.9 Å². The first kappa shape index (κ1) is 13.4. The third-order valence-corrected chi connectivity index (χ3v) is 3.43. The summed E-state index contributed by atoms with van der Waals surface area (Å²) in [5, 5.41) is 11.4. The van der Waals surface area contributed by atoms with Crippen molar-refractivity contribution in [3.8, 4) is 0 Å². The number of rotatable bonds is 5. The fourth-order valence-electron chi connectivity index (χ4n) is 1.29. The first-order valence-corrected chi connectivity index (χ1v) is 6.38. The van der Waals surface area contributed by atoms with E-state index in [4.69, 9.17) is 5.11 Å². The maximum Gasteiger partial charge on any atom is 0.224 e. The van der Waals surface area contributed by atoms with E-state index < -0.39 is 0 Å². The Labute approximate surface area is 109 Å². The smallest absolute Gasteiger partial charge is 0.224 e. The van der Waals surface area contributed by atoms with E-state index in [0.29, 0.717) is 12.8 Å². The van der Waals surface area contributed by atoms with Crippen LogP contribution in [0.5, 0.6) is 0 Å². The minimum atomic E-state index is 0.00750. The quantitative estimate of drug-likeness (QED) is 0.643. The average molecular weight is 333 g/mol. The van der Waals surface area contributed by atoms with Gasteiger partial charge in [-0.05, 0) is 60.1 Å². The number of aryl methyl sites for hydroxylation is 1. The SMILES string of the molecule is Cc1ccc(NC(=O)CCCCO)cc1I. The van der Waals surface area contributed by atoms with Crippen LogP contribution < -0.4 is 5.32 Å².